The van der Waals surface area contributed by atoms with Gasteiger partial charge in [-0.3, -0.25) is 10.1 Å². The van der Waals surface area contributed by atoms with Crippen LogP contribution in [0.3, 0.4) is 0 Å². The molecular formula is C22H26ClN5O3. The Morgan fingerprint density at radius 1 is 0.903 bits per heavy atom. The van der Waals surface area contributed by atoms with Gasteiger partial charge in [-0.2, -0.15) is 0 Å². The maximum absolute atomic E-state index is 12.7. The van der Waals surface area contributed by atoms with Gasteiger partial charge in [0.25, 0.3) is 5.69 Å². The van der Waals surface area contributed by atoms with Gasteiger partial charge < -0.3 is 20.0 Å². The molecule has 0 aromatic heterocycles. The molecule has 0 radical (unpaired) electrons. The van der Waals surface area contributed by atoms with Crippen LogP contribution in [0.1, 0.15) is 19.3 Å². The van der Waals surface area contributed by atoms with E-state index in [9.17, 15) is 14.9 Å². The molecule has 2 aliphatic rings. The number of carbonyl (C=O) groups excluding carboxylic acids is 1. The fraction of sp³-hybridized carbons (Fsp3) is 0.409. The molecule has 2 heterocycles. The molecular weight excluding hydrogens is 418 g/mol. The molecule has 2 saturated heterocycles. The summed E-state index contributed by atoms with van der Waals surface area (Å²) in [5.41, 5.74) is 2.71. The number of nitrogens with one attached hydrogen (secondary N) is 1. The molecule has 2 fully saturated rings. The van der Waals surface area contributed by atoms with Gasteiger partial charge in [-0.15, -0.1) is 0 Å². The van der Waals surface area contributed by atoms with Crippen molar-refractivity contribution < 1.29 is 9.72 Å². The summed E-state index contributed by atoms with van der Waals surface area (Å²) in [5.74, 6) is 0. The molecule has 2 amide bonds. The maximum Gasteiger partial charge on any atom is 0.321 e. The molecule has 0 spiro atoms. The van der Waals surface area contributed by atoms with E-state index in [-0.39, 0.29) is 11.7 Å². The van der Waals surface area contributed by atoms with Gasteiger partial charge >= 0.3 is 6.03 Å². The van der Waals surface area contributed by atoms with Crippen LogP contribution in [0.25, 0.3) is 0 Å². The van der Waals surface area contributed by atoms with E-state index in [1.807, 2.05) is 18.2 Å². The van der Waals surface area contributed by atoms with Gasteiger partial charge in [0.2, 0.25) is 0 Å². The van der Waals surface area contributed by atoms with Crippen molar-refractivity contribution in [3.63, 3.8) is 0 Å². The van der Waals surface area contributed by atoms with E-state index < -0.39 is 4.92 Å². The molecule has 4 rings (SSSR count). The lowest BCUT2D eigenvalue weighted by molar-refractivity contribution is -0.384. The monoisotopic (exact) mass is 443 g/mol. The predicted octanol–water partition coefficient (Wildman–Crippen LogP) is 4.59. The van der Waals surface area contributed by atoms with Crippen molar-refractivity contribution in [1.82, 2.24) is 4.90 Å². The van der Waals surface area contributed by atoms with Crippen molar-refractivity contribution in [3.05, 3.63) is 57.6 Å². The Morgan fingerprint density at radius 2 is 1.58 bits per heavy atom. The highest BCUT2D eigenvalue weighted by atomic mass is 35.5. The molecule has 0 bridgehead atoms. The van der Waals surface area contributed by atoms with Crippen LogP contribution < -0.4 is 15.1 Å². The predicted molar refractivity (Wildman–Crippen MR) is 123 cm³/mol. The van der Waals surface area contributed by atoms with E-state index in [1.165, 1.54) is 31.4 Å². The molecule has 0 aliphatic carbocycles. The standard InChI is InChI=1S/C22H26ClN5O3/c23-20-16-17(4-9-21(20)26-10-2-1-3-11-26)24-22(29)27-14-12-25(13-15-27)18-5-7-19(8-6-18)28(30)31/h4-9,16H,1-3,10-15H2,(H,24,29). The minimum absolute atomic E-state index is 0.0757. The molecule has 2 aromatic rings. The van der Waals surface area contributed by atoms with Crippen LogP contribution in [-0.2, 0) is 0 Å². The third kappa shape index (κ3) is 5.02. The SMILES string of the molecule is O=C(Nc1ccc(N2CCCCC2)c(Cl)c1)N1CCN(c2ccc([N+](=O)[O-])cc2)CC1. The quantitative estimate of drug-likeness (QED) is 0.552. The van der Waals surface area contributed by atoms with E-state index in [4.69, 9.17) is 11.6 Å². The highest BCUT2D eigenvalue weighted by molar-refractivity contribution is 6.33. The number of hydrogen-bond acceptors (Lipinski definition) is 5. The maximum atomic E-state index is 12.7. The lowest BCUT2D eigenvalue weighted by atomic mass is 10.1. The average Bonchev–Trinajstić information content (AvgIpc) is 2.80. The number of piperazine rings is 1. The summed E-state index contributed by atoms with van der Waals surface area (Å²) in [6, 6.07) is 12.1. The Balaban J connectivity index is 1.31. The van der Waals surface area contributed by atoms with Gasteiger partial charge in [0.1, 0.15) is 0 Å². The minimum atomic E-state index is -0.405. The number of rotatable bonds is 4. The molecule has 31 heavy (non-hydrogen) atoms. The number of benzene rings is 2. The van der Waals surface area contributed by atoms with E-state index in [2.05, 4.69) is 15.1 Å². The zero-order chi connectivity index (χ0) is 21.8. The van der Waals surface area contributed by atoms with Crippen LogP contribution in [0.2, 0.25) is 5.02 Å². The first-order valence-corrected chi connectivity index (χ1v) is 11.0. The highest BCUT2D eigenvalue weighted by Crippen LogP contribution is 2.31. The van der Waals surface area contributed by atoms with Crippen LogP contribution in [0.4, 0.5) is 27.5 Å². The number of piperidine rings is 1. The third-order valence-corrected chi connectivity index (χ3v) is 6.19. The van der Waals surface area contributed by atoms with E-state index >= 15 is 0 Å². The van der Waals surface area contributed by atoms with Crippen molar-refractivity contribution in [3.8, 4) is 0 Å². The Labute approximate surface area is 186 Å². The van der Waals surface area contributed by atoms with Gasteiger partial charge in [-0.1, -0.05) is 11.6 Å². The minimum Gasteiger partial charge on any atom is -0.370 e. The van der Waals surface area contributed by atoms with Gasteiger partial charge in [0.05, 0.1) is 15.6 Å². The lowest BCUT2D eigenvalue weighted by Gasteiger charge is -2.36. The van der Waals surface area contributed by atoms with E-state index in [0.29, 0.717) is 36.9 Å². The Hall–Kier alpha value is -3.00. The number of amides is 2. The van der Waals surface area contributed by atoms with Gasteiger partial charge in [-0.05, 0) is 49.6 Å². The van der Waals surface area contributed by atoms with Crippen LogP contribution >= 0.6 is 11.6 Å². The second-order valence-corrected chi connectivity index (χ2v) is 8.30. The number of nitro benzene ring substituents is 1. The normalized spacial score (nSPS) is 16.9. The molecule has 2 aliphatic heterocycles. The van der Waals surface area contributed by atoms with Crippen LogP contribution in [0.5, 0.6) is 0 Å². The number of hydrogen-bond donors (Lipinski definition) is 1. The average molecular weight is 444 g/mol. The second kappa shape index (κ2) is 9.43. The van der Waals surface area contributed by atoms with Gasteiger partial charge in [-0.25, -0.2) is 4.79 Å². The van der Waals surface area contributed by atoms with Crippen LogP contribution in [0.15, 0.2) is 42.5 Å². The summed E-state index contributed by atoms with van der Waals surface area (Å²) in [6.07, 6.45) is 3.63. The Morgan fingerprint density at radius 3 is 2.19 bits per heavy atom. The Bertz CT molecular complexity index is 939. The molecule has 0 unspecified atom stereocenters. The zero-order valence-corrected chi connectivity index (χ0v) is 18.1. The molecule has 2 aromatic carbocycles. The fourth-order valence-corrected chi connectivity index (χ4v) is 4.43. The molecule has 164 valence electrons. The number of carbonyl (C=O) groups is 1. The summed E-state index contributed by atoms with van der Waals surface area (Å²) >= 11 is 6.49. The number of urea groups is 1. The fourth-order valence-electron chi connectivity index (χ4n) is 4.13. The van der Waals surface area contributed by atoms with Gasteiger partial charge in [0.15, 0.2) is 0 Å². The molecule has 9 heteroatoms. The first kappa shape index (κ1) is 21.2. The number of nitro groups is 1. The summed E-state index contributed by atoms with van der Waals surface area (Å²) in [5, 5.41) is 14.4. The first-order chi connectivity index (χ1) is 15.0. The highest BCUT2D eigenvalue weighted by Gasteiger charge is 2.22. The van der Waals surface area contributed by atoms with Gasteiger partial charge in [0, 0.05) is 62.8 Å². The van der Waals surface area contributed by atoms with Crippen LogP contribution in [0, 0.1) is 10.1 Å². The van der Waals surface area contributed by atoms with Crippen LogP contribution in [-0.4, -0.2) is 55.1 Å². The number of anilines is 3. The summed E-state index contributed by atoms with van der Waals surface area (Å²) in [6.45, 7) is 4.51. The molecule has 0 saturated carbocycles. The summed E-state index contributed by atoms with van der Waals surface area (Å²) in [7, 11) is 0. The largest absolute Gasteiger partial charge is 0.370 e. The zero-order valence-electron chi connectivity index (χ0n) is 17.3. The van der Waals surface area contributed by atoms with E-state index in [0.717, 1.165) is 24.5 Å². The van der Waals surface area contributed by atoms with Crippen molar-refractivity contribution in [1.29, 1.82) is 0 Å². The Kier molecular flexibility index (Phi) is 6.46. The van der Waals surface area contributed by atoms with Crippen molar-refractivity contribution in [2.75, 3.05) is 54.4 Å². The topological polar surface area (TPSA) is 82.0 Å². The first-order valence-electron chi connectivity index (χ1n) is 10.6. The number of halogens is 1. The lowest BCUT2D eigenvalue weighted by Crippen LogP contribution is -2.50. The van der Waals surface area contributed by atoms with Crippen molar-refractivity contribution >= 4 is 40.4 Å². The van der Waals surface area contributed by atoms with E-state index in [1.54, 1.807) is 17.0 Å². The smallest absolute Gasteiger partial charge is 0.321 e. The number of nitrogens with zero attached hydrogens (tertiary/aromatic N) is 4. The molecule has 8 nitrogen and oxygen atoms in total. The molecule has 0 atom stereocenters. The summed E-state index contributed by atoms with van der Waals surface area (Å²) < 4.78 is 0. The van der Waals surface area contributed by atoms with Crippen molar-refractivity contribution in [2.45, 2.75) is 19.3 Å². The second-order valence-electron chi connectivity index (χ2n) is 7.89. The third-order valence-electron chi connectivity index (χ3n) is 5.89. The number of non-ortho nitro benzene ring substituents is 1. The molecule has 1 N–H and O–H groups in total. The summed E-state index contributed by atoms with van der Waals surface area (Å²) in [4.78, 5) is 29.3. The van der Waals surface area contributed by atoms with Crippen molar-refractivity contribution in [2.24, 2.45) is 0 Å².